The molecule has 0 spiro atoms. The Labute approximate surface area is 147 Å². The zero-order valence-corrected chi connectivity index (χ0v) is 14.4. The number of hydrogen-bond acceptors (Lipinski definition) is 4. The van der Waals surface area contributed by atoms with Gasteiger partial charge in [-0.05, 0) is 49.2 Å². The number of aromatic carboxylic acids is 1. The van der Waals surface area contributed by atoms with Gasteiger partial charge in [-0.3, -0.25) is 0 Å². The highest BCUT2D eigenvalue weighted by atomic mass is 16.5. The highest BCUT2D eigenvalue weighted by Crippen LogP contribution is 2.30. The summed E-state index contributed by atoms with van der Waals surface area (Å²) in [6.45, 7) is 4.58. The number of aromatic nitrogens is 1. The molecule has 25 heavy (non-hydrogen) atoms. The fourth-order valence-corrected chi connectivity index (χ4v) is 2.89. The van der Waals surface area contributed by atoms with Crippen LogP contribution in [0.1, 0.15) is 35.7 Å². The standard InChI is InChI=1S/C21H21NO3/c1-3-4-13-25-16-11-9-15(10-12-16)20-14(2)19(21(23)24)17-7-5-6-8-18(17)22-20/h5-12H,3-4,13H2,1-2H3,(H,23,24)/p-1. The second-order valence-electron chi connectivity index (χ2n) is 5.99. The minimum atomic E-state index is -1.18. The van der Waals surface area contributed by atoms with Crippen LogP contribution in [-0.4, -0.2) is 17.6 Å². The number of carbonyl (C=O) groups excluding carboxylic acids is 1. The Hall–Kier alpha value is -2.88. The van der Waals surface area contributed by atoms with Gasteiger partial charge in [0, 0.05) is 16.5 Å². The number of pyridine rings is 1. The van der Waals surface area contributed by atoms with E-state index in [1.807, 2.05) is 36.4 Å². The zero-order valence-electron chi connectivity index (χ0n) is 14.4. The summed E-state index contributed by atoms with van der Waals surface area (Å²) < 4.78 is 5.68. The van der Waals surface area contributed by atoms with E-state index in [9.17, 15) is 9.90 Å². The highest BCUT2D eigenvalue weighted by molar-refractivity contribution is 6.04. The van der Waals surface area contributed by atoms with Crippen LogP contribution in [-0.2, 0) is 0 Å². The summed E-state index contributed by atoms with van der Waals surface area (Å²) in [6, 6.07) is 14.8. The van der Waals surface area contributed by atoms with E-state index >= 15 is 0 Å². The number of carbonyl (C=O) groups is 1. The van der Waals surface area contributed by atoms with Gasteiger partial charge in [0.15, 0.2) is 0 Å². The molecule has 0 atom stereocenters. The fourth-order valence-electron chi connectivity index (χ4n) is 2.89. The second kappa shape index (κ2) is 7.34. The molecule has 0 saturated heterocycles. The van der Waals surface area contributed by atoms with E-state index in [1.54, 1.807) is 19.1 Å². The first-order valence-corrected chi connectivity index (χ1v) is 8.45. The maximum Gasteiger partial charge on any atom is 0.119 e. The molecule has 1 aromatic heterocycles. The summed E-state index contributed by atoms with van der Waals surface area (Å²) in [5.41, 5.74) is 2.96. The monoisotopic (exact) mass is 334 g/mol. The number of benzene rings is 2. The van der Waals surface area contributed by atoms with Crippen LogP contribution in [0.4, 0.5) is 0 Å². The molecule has 3 rings (SSSR count). The number of ether oxygens (including phenoxy) is 1. The maximum atomic E-state index is 11.7. The third kappa shape index (κ3) is 3.48. The first-order chi connectivity index (χ1) is 12.1. The molecule has 1 heterocycles. The summed E-state index contributed by atoms with van der Waals surface area (Å²) >= 11 is 0. The molecular weight excluding hydrogens is 314 g/mol. The Morgan fingerprint density at radius 3 is 2.52 bits per heavy atom. The molecule has 0 saturated carbocycles. The second-order valence-corrected chi connectivity index (χ2v) is 5.99. The summed E-state index contributed by atoms with van der Waals surface area (Å²) in [4.78, 5) is 16.3. The number of carboxylic acids is 1. The number of rotatable bonds is 6. The zero-order chi connectivity index (χ0) is 17.8. The molecule has 4 nitrogen and oxygen atoms in total. The van der Waals surface area contributed by atoms with Gasteiger partial charge in [0.25, 0.3) is 0 Å². The van der Waals surface area contributed by atoms with Gasteiger partial charge in [0.2, 0.25) is 0 Å². The van der Waals surface area contributed by atoms with E-state index in [0.29, 0.717) is 28.8 Å². The quantitative estimate of drug-likeness (QED) is 0.644. The molecule has 4 heteroatoms. The fraction of sp³-hybridized carbons (Fsp3) is 0.238. The molecule has 0 bridgehead atoms. The molecule has 0 aliphatic carbocycles. The lowest BCUT2D eigenvalue weighted by molar-refractivity contribution is -0.254. The molecule has 0 N–H and O–H groups in total. The summed E-state index contributed by atoms with van der Waals surface area (Å²) in [6.07, 6.45) is 2.10. The normalized spacial score (nSPS) is 10.8. The first kappa shape index (κ1) is 17.0. The summed E-state index contributed by atoms with van der Waals surface area (Å²) in [7, 11) is 0. The van der Waals surface area contributed by atoms with E-state index in [1.165, 1.54) is 0 Å². The number of carboxylic acid groups (broad SMARTS) is 1. The van der Waals surface area contributed by atoms with Gasteiger partial charge in [-0.1, -0.05) is 31.5 Å². The highest BCUT2D eigenvalue weighted by Gasteiger charge is 2.14. The Morgan fingerprint density at radius 1 is 1.12 bits per heavy atom. The SMILES string of the molecule is CCCCOc1ccc(-c2nc3ccccc3c(C(=O)[O-])c2C)cc1. The predicted molar refractivity (Wildman–Crippen MR) is 96.6 cm³/mol. The molecule has 0 fully saturated rings. The number of hydrogen-bond donors (Lipinski definition) is 0. The van der Waals surface area contributed by atoms with Gasteiger partial charge < -0.3 is 14.6 Å². The van der Waals surface area contributed by atoms with Crippen molar-refractivity contribution >= 4 is 16.9 Å². The van der Waals surface area contributed by atoms with Crippen LogP contribution < -0.4 is 9.84 Å². The maximum absolute atomic E-state index is 11.7. The molecule has 0 unspecified atom stereocenters. The van der Waals surface area contributed by atoms with Crippen molar-refractivity contribution < 1.29 is 14.6 Å². The van der Waals surface area contributed by atoms with Crippen LogP contribution in [0.25, 0.3) is 22.2 Å². The van der Waals surface area contributed by atoms with Crippen LogP contribution in [0, 0.1) is 6.92 Å². The third-order valence-electron chi connectivity index (χ3n) is 4.23. The predicted octanol–water partition coefficient (Wildman–Crippen LogP) is 3.75. The van der Waals surface area contributed by atoms with Gasteiger partial charge in [-0.2, -0.15) is 0 Å². The number of nitrogens with zero attached hydrogens (tertiary/aromatic N) is 1. The van der Waals surface area contributed by atoms with Crippen LogP contribution in [0.3, 0.4) is 0 Å². The lowest BCUT2D eigenvalue weighted by Gasteiger charge is -2.15. The third-order valence-corrected chi connectivity index (χ3v) is 4.23. The van der Waals surface area contributed by atoms with E-state index in [-0.39, 0.29) is 5.56 Å². The van der Waals surface area contributed by atoms with Crippen LogP contribution in [0.15, 0.2) is 48.5 Å². The van der Waals surface area contributed by atoms with E-state index < -0.39 is 5.97 Å². The Kier molecular flexibility index (Phi) is 4.98. The Bertz CT molecular complexity index is 901. The largest absolute Gasteiger partial charge is 0.545 e. The van der Waals surface area contributed by atoms with Gasteiger partial charge in [-0.15, -0.1) is 0 Å². The average molecular weight is 334 g/mol. The lowest BCUT2D eigenvalue weighted by atomic mass is 9.98. The molecule has 3 aromatic rings. The minimum Gasteiger partial charge on any atom is -0.545 e. The van der Waals surface area contributed by atoms with E-state index in [0.717, 1.165) is 24.2 Å². The van der Waals surface area contributed by atoms with Crippen LogP contribution in [0.5, 0.6) is 5.75 Å². The van der Waals surface area contributed by atoms with Gasteiger partial charge in [0.1, 0.15) is 5.75 Å². The molecule has 0 aliphatic heterocycles. The summed E-state index contributed by atoms with van der Waals surface area (Å²) in [5, 5.41) is 12.3. The minimum absolute atomic E-state index is 0.198. The van der Waals surface area contributed by atoms with Crippen molar-refractivity contribution in [2.24, 2.45) is 0 Å². The van der Waals surface area contributed by atoms with Crippen molar-refractivity contribution in [2.45, 2.75) is 26.7 Å². The van der Waals surface area contributed by atoms with E-state index in [2.05, 4.69) is 11.9 Å². The smallest absolute Gasteiger partial charge is 0.119 e. The van der Waals surface area contributed by atoms with Crippen molar-refractivity contribution in [3.05, 3.63) is 59.7 Å². The number of unbranched alkanes of at least 4 members (excludes halogenated alkanes) is 1. The Balaban J connectivity index is 2.03. The van der Waals surface area contributed by atoms with Crippen molar-refractivity contribution in [2.75, 3.05) is 6.61 Å². The average Bonchev–Trinajstić information content (AvgIpc) is 2.62. The topological polar surface area (TPSA) is 62.2 Å². The van der Waals surface area contributed by atoms with Crippen molar-refractivity contribution in [3.63, 3.8) is 0 Å². The van der Waals surface area contributed by atoms with Crippen molar-refractivity contribution in [3.8, 4) is 17.0 Å². The van der Waals surface area contributed by atoms with E-state index in [4.69, 9.17) is 4.74 Å². The molecule has 0 amide bonds. The number of fused-ring (bicyclic) bond motifs is 1. The van der Waals surface area contributed by atoms with Crippen LogP contribution >= 0.6 is 0 Å². The number of para-hydroxylation sites is 1. The van der Waals surface area contributed by atoms with Crippen LogP contribution in [0.2, 0.25) is 0 Å². The van der Waals surface area contributed by atoms with Gasteiger partial charge in [0.05, 0.1) is 23.8 Å². The van der Waals surface area contributed by atoms with Gasteiger partial charge >= 0.3 is 0 Å². The molecule has 0 radical (unpaired) electrons. The van der Waals surface area contributed by atoms with Crippen molar-refractivity contribution in [1.29, 1.82) is 0 Å². The molecule has 128 valence electrons. The Morgan fingerprint density at radius 2 is 1.84 bits per heavy atom. The first-order valence-electron chi connectivity index (χ1n) is 8.45. The summed E-state index contributed by atoms with van der Waals surface area (Å²) in [5.74, 6) is -0.382. The molecular formula is C21H20NO3-. The van der Waals surface area contributed by atoms with Crippen molar-refractivity contribution in [1.82, 2.24) is 4.98 Å². The lowest BCUT2D eigenvalue weighted by Crippen LogP contribution is -2.24. The molecule has 0 aliphatic rings. The van der Waals surface area contributed by atoms with Gasteiger partial charge in [-0.25, -0.2) is 4.98 Å². The molecule has 2 aromatic carbocycles.